The number of nitrogens with zero attached hydrogens (tertiary/aromatic N) is 2. The SMILES string of the molecule is CCC(NC1CCN(c2ccccn2)CC1)c1cccc(Cl)c1. The Morgan fingerprint density at radius 2 is 2.04 bits per heavy atom. The molecular formula is C19H24ClN3. The van der Waals surface area contributed by atoms with Crippen molar-refractivity contribution in [2.75, 3.05) is 18.0 Å². The number of halogens is 1. The van der Waals surface area contributed by atoms with Crippen molar-refractivity contribution < 1.29 is 0 Å². The Hall–Kier alpha value is -1.58. The van der Waals surface area contributed by atoms with Crippen LogP contribution in [0.25, 0.3) is 0 Å². The molecule has 4 heteroatoms. The van der Waals surface area contributed by atoms with Gasteiger partial charge in [-0.2, -0.15) is 0 Å². The van der Waals surface area contributed by atoms with Crippen LogP contribution in [0.15, 0.2) is 48.7 Å². The number of hydrogen-bond acceptors (Lipinski definition) is 3. The topological polar surface area (TPSA) is 28.2 Å². The molecule has 0 saturated carbocycles. The zero-order valence-electron chi connectivity index (χ0n) is 13.6. The highest BCUT2D eigenvalue weighted by atomic mass is 35.5. The normalized spacial score (nSPS) is 17.2. The predicted octanol–water partition coefficient (Wildman–Crippen LogP) is 4.44. The summed E-state index contributed by atoms with van der Waals surface area (Å²) in [5.41, 5.74) is 1.28. The maximum atomic E-state index is 6.13. The van der Waals surface area contributed by atoms with Crippen molar-refractivity contribution in [2.45, 2.75) is 38.3 Å². The zero-order chi connectivity index (χ0) is 16.1. The summed E-state index contributed by atoms with van der Waals surface area (Å²) in [7, 11) is 0. The minimum atomic E-state index is 0.375. The Labute approximate surface area is 143 Å². The van der Waals surface area contributed by atoms with Crippen molar-refractivity contribution in [1.82, 2.24) is 10.3 Å². The van der Waals surface area contributed by atoms with Crippen LogP contribution in [0.4, 0.5) is 5.82 Å². The summed E-state index contributed by atoms with van der Waals surface area (Å²) >= 11 is 6.13. The second-order valence-electron chi connectivity index (χ2n) is 6.13. The first-order chi connectivity index (χ1) is 11.3. The van der Waals surface area contributed by atoms with Crippen LogP contribution < -0.4 is 10.2 Å². The number of aromatic nitrogens is 1. The van der Waals surface area contributed by atoms with E-state index >= 15 is 0 Å². The van der Waals surface area contributed by atoms with Crippen LogP contribution in [-0.2, 0) is 0 Å². The van der Waals surface area contributed by atoms with Crippen molar-refractivity contribution >= 4 is 17.4 Å². The van der Waals surface area contributed by atoms with E-state index in [-0.39, 0.29) is 0 Å². The number of benzene rings is 1. The van der Waals surface area contributed by atoms with Crippen molar-refractivity contribution in [3.63, 3.8) is 0 Å². The van der Waals surface area contributed by atoms with Crippen LogP contribution in [0.3, 0.4) is 0 Å². The van der Waals surface area contributed by atoms with Gasteiger partial charge in [0.2, 0.25) is 0 Å². The minimum Gasteiger partial charge on any atom is -0.357 e. The first-order valence-corrected chi connectivity index (χ1v) is 8.81. The van der Waals surface area contributed by atoms with Crippen LogP contribution in [-0.4, -0.2) is 24.1 Å². The van der Waals surface area contributed by atoms with E-state index in [1.165, 1.54) is 5.56 Å². The molecule has 23 heavy (non-hydrogen) atoms. The van der Waals surface area contributed by atoms with Crippen molar-refractivity contribution in [1.29, 1.82) is 0 Å². The Morgan fingerprint density at radius 3 is 2.70 bits per heavy atom. The molecule has 0 amide bonds. The number of rotatable bonds is 5. The molecule has 2 heterocycles. The van der Waals surface area contributed by atoms with Crippen LogP contribution in [0, 0.1) is 0 Å². The van der Waals surface area contributed by atoms with Gasteiger partial charge in [-0.1, -0.05) is 36.7 Å². The molecular weight excluding hydrogens is 306 g/mol. The molecule has 0 radical (unpaired) electrons. The van der Waals surface area contributed by atoms with E-state index in [1.807, 2.05) is 24.4 Å². The molecule has 0 bridgehead atoms. The van der Waals surface area contributed by atoms with E-state index in [9.17, 15) is 0 Å². The van der Waals surface area contributed by atoms with Gasteiger partial charge in [0.15, 0.2) is 0 Å². The van der Waals surface area contributed by atoms with E-state index < -0.39 is 0 Å². The largest absolute Gasteiger partial charge is 0.357 e. The first kappa shape index (κ1) is 16.3. The first-order valence-electron chi connectivity index (χ1n) is 8.43. The molecule has 1 aromatic heterocycles. The molecule has 0 aliphatic carbocycles. The summed E-state index contributed by atoms with van der Waals surface area (Å²) in [6.45, 7) is 4.34. The number of hydrogen-bond donors (Lipinski definition) is 1. The maximum Gasteiger partial charge on any atom is 0.128 e. The molecule has 3 rings (SSSR count). The van der Waals surface area contributed by atoms with E-state index in [0.717, 1.165) is 43.2 Å². The molecule has 1 aromatic carbocycles. The quantitative estimate of drug-likeness (QED) is 0.878. The van der Waals surface area contributed by atoms with Crippen LogP contribution in [0.2, 0.25) is 5.02 Å². The molecule has 0 spiro atoms. The van der Waals surface area contributed by atoms with Crippen LogP contribution >= 0.6 is 11.6 Å². The lowest BCUT2D eigenvalue weighted by atomic mass is 9.99. The molecule has 1 N–H and O–H groups in total. The highest BCUT2D eigenvalue weighted by Crippen LogP contribution is 2.24. The number of pyridine rings is 1. The molecule has 3 nitrogen and oxygen atoms in total. The Kier molecular flexibility index (Phi) is 5.52. The van der Waals surface area contributed by atoms with Gasteiger partial charge in [-0.3, -0.25) is 0 Å². The summed E-state index contributed by atoms with van der Waals surface area (Å²) in [6, 6.07) is 15.2. The molecule has 1 atom stereocenters. The van der Waals surface area contributed by atoms with Gasteiger partial charge in [-0.25, -0.2) is 4.98 Å². The Balaban J connectivity index is 1.57. The fourth-order valence-corrected chi connectivity index (χ4v) is 3.47. The van der Waals surface area contributed by atoms with Crippen molar-refractivity contribution in [3.8, 4) is 0 Å². The zero-order valence-corrected chi connectivity index (χ0v) is 14.3. The van der Waals surface area contributed by atoms with Crippen molar-refractivity contribution in [2.24, 2.45) is 0 Å². The number of anilines is 1. The van der Waals surface area contributed by atoms with E-state index in [0.29, 0.717) is 12.1 Å². The second kappa shape index (κ2) is 7.80. The van der Waals surface area contributed by atoms with Gasteiger partial charge < -0.3 is 10.2 Å². The predicted molar refractivity (Wildman–Crippen MR) is 97.1 cm³/mol. The molecule has 1 fully saturated rings. The van der Waals surface area contributed by atoms with Gasteiger partial charge in [0.25, 0.3) is 0 Å². The summed E-state index contributed by atoms with van der Waals surface area (Å²) in [6.07, 6.45) is 5.23. The fraction of sp³-hybridized carbons (Fsp3) is 0.421. The highest BCUT2D eigenvalue weighted by Gasteiger charge is 2.22. The molecule has 1 unspecified atom stereocenters. The monoisotopic (exact) mass is 329 g/mol. The molecule has 1 saturated heterocycles. The third kappa shape index (κ3) is 4.24. The lowest BCUT2D eigenvalue weighted by Gasteiger charge is -2.35. The Morgan fingerprint density at radius 1 is 1.22 bits per heavy atom. The van der Waals surface area contributed by atoms with Crippen LogP contribution in [0.1, 0.15) is 37.8 Å². The van der Waals surface area contributed by atoms with E-state index in [4.69, 9.17) is 11.6 Å². The lowest BCUT2D eigenvalue weighted by Crippen LogP contribution is -2.44. The third-order valence-electron chi connectivity index (χ3n) is 4.56. The van der Waals surface area contributed by atoms with Crippen LogP contribution in [0.5, 0.6) is 0 Å². The molecule has 122 valence electrons. The number of nitrogens with one attached hydrogen (secondary N) is 1. The summed E-state index contributed by atoms with van der Waals surface area (Å²) < 4.78 is 0. The molecule has 1 aliphatic rings. The third-order valence-corrected chi connectivity index (χ3v) is 4.80. The minimum absolute atomic E-state index is 0.375. The van der Waals surface area contributed by atoms with Gasteiger partial charge in [0.1, 0.15) is 5.82 Å². The summed E-state index contributed by atoms with van der Waals surface area (Å²) in [4.78, 5) is 6.83. The molecule has 1 aliphatic heterocycles. The average molecular weight is 330 g/mol. The fourth-order valence-electron chi connectivity index (χ4n) is 3.27. The smallest absolute Gasteiger partial charge is 0.128 e. The lowest BCUT2D eigenvalue weighted by molar-refractivity contribution is 0.363. The van der Waals surface area contributed by atoms with Gasteiger partial charge >= 0.3 is 0 Å². The summed E-state index contributed by atoms with van der Waals surface area (Å²) in [5.74, 6) is 1.09. The van der Waals surface area contributed by atoms with E-state index in [2.05, 4.69) is 46.4 Å². The van der Waals surface area contributed by atoms with Gasteiger partial charge in [0, 0.05) is 36.4 Å². The van der Waals surface area contributed by atoms with E-state index in [1.54, 1.807) is 0 Å². The number of piperidine rings is 1. The second-order valence-corrected chi connectivity index (χ2v) is 6.57. The highest BCUT2D eigenvalue weighted by molar-refractivity contribution is 6.30. The van der Waals surface area contributed by atoms with Gasteiger partial charge in [-0.05, 0) is 49.1 Å². The average Bonchev–Trinajstić information content (AvgIpc) is 2.61. The Bertz CT molecular complexity index is 609. The summed E-state index contributed by atoms with van der Waals surface area (Å²) in [5, 5.41) is 4.63. The standard InChI is InChI=1S/C19H24ClN3/c1-2-18(15-6-5-7-16(20)14-15)22-17-9-12-23(13-10-17)19-8-3-4-11-21-19/h3-8,11,14,17-18,22H,2,9-10,12-13H2,1H3. The maximum absolute atomic E-state index is 6.13. The van der Waals surface area contributed by atoms with Gasteiger partial charge in [0.05, 0.1) is 0 Å². The van der Waals surface area contributed by atoms with Crippen molar-refractivity contribution in [3.05, 3.63) is 59.2 Å². The molecule has 2 aromatic rings. The van der Waals surface area contributed by atoms with Gasteiger partial charge in [-0.15, -0.1) is 0 Å².